The van der Waals surface area contributed by atoms with Gasteiger partial charge in [0.1, 0.15) is 32.2 Å². The monoisotopic (exact) mass is 1520 g/mol. The molecule has 0 spiro atoms. The Morgan fingerprint density at radius 1 is 0.523 bits per heavy atom. The molecule has 5 aromatic carbocycles. The molecule has 6 N–H and O–H groups in total. The van der Waals surface area contributed by atoms with Crippen molar-refractivity contribution in [1.29, 1.82) is 0 Å². The Hall–Kier alpha value is -12.1. The zero-order valence-electron chi connectivity index (χ0n) is 64.6. The van der Waals surface area contributed by atoms with Gasteiger partial charge in [-0.05, 0) is 107 Å². The van der Waals surface area contributed by atoms with Crippen LogP contribution >= 0.6 is 0 Å². The van der Waals surface area contributed by atoms with Crippen molar-refractivity contribution < 1.29 is 52.7 Å². The number of aryl methyl sites for hydroxylation is 2. The Balaban J connectivity index is 0.000000173. The number of carbonyl (C=O) groups excluding carboxylic acids is 4. The summed E-state index contributed by atoms with van der Waals surface area (Å²) in [6.07, 6.45) is 10.6. The standard InChI is InChI=1S/C28H31N3O4.2C20H25N3O4.C16H19N3O3/c1-18(2)30-24(15-17-35-3)31(29-16-14-23(32)27(33)26(29)28(30)34)25-21-10-6-4-8-19(21)12-13-20-9-5-7-11-22(20)25;1-14(2)23-17(10-12-26-3)21-22-11-9-16(24)19(18(22)20(23)25)27-13-15-7-5-4-6-8-15;1-15(2)22-20(25)18-19(27-14-16-8-5-4-6-9-16)17(24)10-12-23(18)21-11-7-13-26-3;1-11(2)18-16(21)14-15(13(20)8-9-19(14)17)22-10-12-6-4-3-5-7-12/h4-11,14,16,18,24-25,33H,12-13,15,17H2,1-3H3;4-9,11,14,17,21H,10,12-13H2,1-3H3;4-6,8-12,15H,7,13-14H2,1-3H3,(H,22,25);3-9,11H,10,17H2,1-2H3,(H,18,21)/b;;21-11+;. The molecule has 3 aliphatic rings. The van der Waals surface area contributed by atoms with E-state index in [9.17, 15) is 43.5 Å². The van der Waals surface area contributed by atoms with Gasteiger partial charge in [0, 0.05) is 133 Å². The van der Waals surface area contributed by atoms with E-state index >= 15 is 0 Å². The van der Waals surface area contributed by atoms with E-state index in [2.05, 4.69) is 62.6 Å². The number of nitrogens with two attached hydrogens (primary N) is 1. The second-order valence-corrected chi connectivity index (χ2v) is 27.6. The topological polar surface area (TPSA) is 316 Å². The van der Waals surface area contributed by atoms with E-state index in [4.69, 9.17) is 34.3 Å². The maximum atomic E-state index is 13.7. The lowest BCUT2D eigenvalue weighted by Crippen LogP contribution is -2.64. The summed E-state index contributed by atoms with van der Waals surface area (Å²) in [6.45, 7) is 17.2. The molecule has 27 heteroatoms. The van der Waals surface area contributed by atoms with Crippen LogP contribution in [-0.4, -0.2) is 141 Å². The molecule has 9 aromatic rings. The highest BCUT2D eigenvalue weighted by Gasteiger charge is 2.45. The SMILES string of the molecule is CC(C)NC(=O)c1c(OCc2ccccc2)c(=O)ccn1N.COCC/C=N/n1ccc(=O)c(OCc2ccccc2)c1C(=O)NC(C)C.COCCC1N(C(C)C)C(=O)c2c(O)c(=O)ccn2N1C1c2ccccc2CCc2ccccc21.COCCC1Nn2ccc(=O)c(OCc3ccccc3)c2C(=O)N1C(C)C. The summed E-state index contributed by atoms with van der Waals surface area (Å²) in [7, 11) is 4.89. The lowest BCUT2D eigenvalue weighted by molar-refractivity contribution is 0.0390. The Morgan fingerprint density at radius 3 is 1.48 bits per heavy atom. The quantitative estimate of drug-likeness (QED) is 0.0191. The van der Waals surface area contributed by atoms with Crippen molar-refractivity contribution >= 4 is 29.8 Å². The number of pyridine rings is 4. The van der Waals surface area contributed by atoms with Crippen LogP contribution in [0.3, 0.4) is 0 Å². The number of hydrogen-bond acceptors (Lipinski definition) is 19. The summed E-state index contributed by atoms with van der Waals surface area (Å²) < 4.78 is 38.4. The van der Waals surface area contributed by atoms with Crippen LogP contribution in [0.5, 0.6) is 23.0 Å². The van der Waals surface area contributed by atoms with Crippen LogP contribution in [0.1, 0.15) is 162 Å². The number of nitrogens with one attached hydrogen (secondary N) is 3. The van der Waals surface area contributed by atoms with E-state index in [0.717, 1.165) is 45.3 Å². The maximum absolute atomic E-state index is 13.7. The zero-order valence-corrected chi connectivity index (χ0v) is 64.6. The van der Waals surface area contributed by atoms with Crippen LogP contribution in [0, 0.1) is 0 Å². The van der Waals surface area contributed by atoms with Gasteiger partial charge in [-0.2, -0.15) is 5.10 Å². The smallest absolute Gasteiger partial charge is 0.278 e. The van der Waals surface area contributed by atoms with E-state index in [-0.39, 0.29) is 130 Å². The average molecular weight is 1520 g/mol. The van der Waals surface area contributed by atoms with E-state index in [1.54, 1.807) is 59.1 Å². The van der Waals surface area contributed by atoms with Crippen molar-refractivity contribution in [3.63, 3.8) is 0 Å². The molecular formula is C84H100N12O15. The predicted octanol–water partition coefficient (Wildman–Crippen LogP) is 9.52. The summed E-state index contributed by atoms with van der Waals surface area (Å²) in [5, 5.41) is 22.7. The number of hydrogen-bond donors (Lipinski definition) is 5. The lowest BCUT2D eigenvalue weighted by atomic mass is 9.93. The van der Waals surface area contributed by atoms with Crippen LogP contribution < -0.4 is 62.8 Å². The summed E-state index contributed by atoms with van der Waals surface area (Å²) in [5.41, 5.74) is 9.47. The minimum absolute atomic E-state index is 0.000856. The molecule has 0 fully saturated rings. The number of methoxy groups -OCH3 is 3. The lowest BCUT2D eigenvalue weighted by Gasteiger charge is -2.51. The summed E-state index contributed by atoms with van der Waals surface area (Å²) >= 11 is 0. The molecule has 0 saturated heterocycles. The van der Waals surface area contributed by atoms with Crippen molar-refractivity contribution in [1.82, 2.24) is 39.1 Å². The fourth-order valence-electron chi connectivity index (χ4n) is 13.1. The van der Waals surface area contributed by atoms with Gasteiger partial charge in [-0.25, -0.2) is 4.68 Å². The van der Waals surface area contributed by atoms with Crippen LogP contribution in [0.25, 0.3) is 0 Å². The highest BCUT2D eigenvalue weighted by Crippen LogP contribution is 2.41. The van der Waals surface area contributed by atoms with E-state index in [0.29, 0.717) is 39.1 Å². The maximum Gasteiger partial charge on any atom is 0.278 e. The van der Waals surface area contributed by atoms with Gasteiger partial charge >= 0.3 is 0 Å². The molecule has 2 aliphatic heterocycles. The number of aromatic hydroxyl groups is 1. The third-order valence-electron chi connectivity index (χ3n) is 18.1. The third-order valence-corrected chi connectivity index (χ3v) is 18.1. The van der Waals surface area contributed by atoms with Crippen LogP contribution in [0.15, 0.2) is 213 Å². The predicted molar refractivity (Wildman–Crippen MR) is 425 cm³/mol. The summed E-state index contributed by atoms with van der Waals surface area (Å²) in [6, 6.07) is 49.9. The molecule has 6 heterocycles. The molecule has 27 nitrogen and oxygen atoms in total. The van der Waals surface area contributed by atoms with Crippen LogP contribution in [-0.2, 0) is 46.9 Å². The number of benzene rings is 5. The van der Waals surface area contributed by atoms with Gasteiger partial charge < -0.3 is 65.2 Å². The van der Waals surface area contributed by atoms with E-state index in [1.807, 2.05) is 159 Å². The molecule has 2 atom stereocenters. The van der Waals surface area contributed by atoms with E-state index < -0.39 is 23.0 Å². The third kappa shape index (κ3) is 20.8. The first-order chi connectivity index (χ1) is 53.5. The summed E-state index contributed by atoms with van der Waals surface area (Å²) in [5.74, 6) is 3.79. The number of rotatable bonds is 26. The van der Waals surface area contributed by atoms with Gasteiger partial charge in [-0.3, -0.25) is 57.4 Å². The first-order valence-electron chi connectivity index (χ1n) is 36.9. The molecule has 4 aromatic heterocycles. The second-order valence-electron chi connectivity index (χ2n) is 27.6. The Bertz CT molecular complexity index is 4860. The average Bonchev–Trinajstić information content (AvgIpc) is 1.63. The number of ether oxygens (including phenoxy) is 6. The Morgan fingerprint density at radius 2 is 0.964 bits per heavy atom. The van der Waals surface area contributed by atoms with Crippen LogP contribution in [0.4, 0.5) is 0 Å². The van der Waals surface area contributed by atoms with Crippen molar-refractivity contribution in [3.05, 3.63) is 291 Å². The number of amides is 4. The number of aromatic nitrogens is 4. The largest absolute Gasteiger partial charge is 0.502 e. The van der Waals surface area contributed by atoms with Gasteiger partial charge in [0.05, 0.1) is 12.6 Å². The molecule has 2 unspecified atom stereocenters. The minimum atomic E-state index is -0.565. The molecule has 0 bridgehead atoms. The Labute approximate surface area is 645 Å². The van der Waals surface area contributed by atoms with Crippen molar-refractivity contribution in [2.24, 2.45) is 5.10 Å². The highest BCUT2D eigenvalue weighted by molar-refractivity contribution is 5.98. The number of carbonyl (C=O) groups is 4. The van der Waals surface area contributed by atoms with Gasteiger partial charge in [0.25, 0.3) is 23.6 Å². The minimum Gasteiger partial charge on any atom is -0.502 e. The first kappa shape index (κ1) is 83.0. The van der Waals surface area contributed by atoms with Crippen molar-refractivity contribution in [3.8, 4) is 23.0 Å². The molecule has 1 aliphatic carbocycles. The molecule has 12 rings (SSSR count). The van der Waals surface area contributed by atoms with Crippen molar-refractivity contribution in [2.75, 3.05) is 57.4 Å². The highest BCUT2D eigenvalue weighted by atomic mass is 16.5. The van der Waals surface area contributed by atoms with Crippen molar-refractivity contribution in [2.45, 2.75) is 150 Å². The number of nitrogens with zero attached hydrogens (tertiary/aromatic N) is 8. The first-order valence-corrected chi connectivity index (χ1v) is 36.9. The van der Waals surface area contributed by atoms with Gasteiger partial charge in [-0.15, -0.1) is 0 Å². The molecule has 0 radical (unpaired) electrons. The van der Waals surface area contributed by atoms with Gasteiger partial charge in [0.15, 0.2) is 45.8 Å². The number of nitrogen functional groups attached to an aromatic ring is 1. The van der Waals surface area contributed by atoms with Crippen LogP contribution in [0.2, 0.25) is 0 Å². The molecule has 0 saturated carbocycles. The van der Waals surface area contributed by atoms with E-state index in [1.165, 1.54) is 52.5 Å². The zero-order chi connectivity index (χ0) is 79.8. The second kappa shape index (κ2) is 39.9. The molecular weight excluding hydrogens is 1420 g/mol. The molecule has 111 heavy (non-hydrogen) atoms. The number of fused-ring (bicyclic) bond motifs is 4. The fraction of sp³-hybridized carbons (Fsp3) is 0.345. The Kier molecular flexibility index (Phi) is 29.8. The van der Waals surface area contributed by atoms with Gasteiger partial charge in [-0.1, -0.05) is 140 Å². The molecule has 4 amide bonds. The fourth-order valence-corrected chi connectivity index (χ4v) is 13.1. The van der Waals surface area contributed by atoms with Gasteiger partial charge in [0.2, 0.25) is 21.7 Å². The normalized spacial score (nSPS) is 14.3. The molecule has 586 valence electrons. The summed E-state index contributed by atoms with van der Waals surface area (Å²) in [4.78, 5) is 105.